The van der Waals surface area contributed by atoms with Gasteiger partial charge in [-0.3, -0.25) is 9.48 Å². The number of aryl methyl sites for hydroxylation is 3. The quantitative estimate of drug-likeness (QED) is 0.369. The molecule has 7 nitrogen and oxygen atoms in total. The topological polar surface area (TPSA) is 82.2 Å². The summed E-state index contributed by atoms with van der Waals surface area (Å²) in [7, 11) is 0. The zero-order valence-electron chi connectivity index (χ0n) is 18.1. The van der Waals surface area contributed by atoms with Gasteiger partial charge in [-0.15, -0.1) is 0 Å². The molecule has 1 N–H and O–H groups in total. The molecule has 1 amide bonds. The molecule has 0 fully saturated rings. The number of hydrogen-bond acceptors (Lipinski definition) is 5. The lowest BCUT2D eigenvalue weighted by atomic mass is 10.1. The summed E-state index contributed by atoms with van der Waals surface area (Å²) in [5.74, 6) is 1.35. The van der Waals surface area contributed by atoms with Crippen LogP contribution in [0.3, 0.4) is 0 Å². The van der Waals surface area contributed by atoms with Crippen molar-refractivity contribution >= 4 is 27.7 Å². The predicted molar refractivity (Wildman–Crippen MR) is 125 cm³/mol. The van der Waals surface area contributed by atoms with Crippen LogP contribution in [0.5, 0.6) is 5.75 Å². The van der Waals surface area contributed by atoms with E-state index >= 15 is 0 Å². The monoisotopic (exact) mass is 494 g/mol. The second-order valence-corrected chi connectivity index (χ2v) is 8.52. The van der Waals surface area contributed by atoms with Crippen molar-refractivity contribution in [3.63, 3.8) is 0 Å². The first-order valence-corrected chi connectivity index (χ1v) is 10.9. The number of rotatable bonds is 7. The molecule has 164 valence electrons. The standard InChI is InChI=1S/C24H23BrN4O3/c1-15-4-9-21(16(2)12-15)31-14-20-17(3)32-28-23(20)24(30)26-22-10-11-29(27-22)13-18-5-7-19(25)8-6-18/h4-12H,13-14H2,1-3H3,(H,26,27,30). The lowest BCUT2D eigenvalue weighted by molar-refractivity contribution is 0.101. The SMILES string of the molecule is Cc1ccc(OCc2c(C(=O)Nc3ccn(Cc4ccc(Br)cc4)n3)noc2C)c(C)c1. The number of nitrogens with one attached hydrogen (secondary N) is 1. The Balaban J connectivity index is 1.43. The highest BCUT2D eigenvalue weighted by atomic mass is 79.9. The van der Waals surface area contributed by atoms with E-state index in [2.05, 4.69) is 31.5 Å². The van der Waals surface area contributed by atoms with Crippen LogP contribution in [-0.2, 0) is 13.2 Å². The van der Waals surface area contributed by atoms with Gasteiger partial charge in [0.05, 0.1) is 12.1 Å². The van der Waals surface area contributed by atoms with Crippen LogP contribution in [0.2, 0.25) is 0 Å². The molecular formula is C24H23BrN4O3. The van der Waals surface area contributed by atoms with Crippen LogP contribution in [0.15, 0.2) is 63.7 Å². The minimum absolute atomic E-state index is 0.181. The van der Waals surface area contributed by atoms with Crippen LogP contribution in [-0.4, -0.2) is 20.8 Å². The fraction of sp³-hybridized carbons (Fsp3) is 0.208. The first-order chi connectivity index (χ1) is 15.4. The summed E-state index contributed by atoms with van der Waals surface area (Å²) in [6.07, 6.45) is 1.82. The summed E-state index contributed by atoms with van der Waals surface area (Å²) in [5, 5.41) is 11.2. The number of aromatic nitrogens is 3. The average molecular weight is 495 g/mol. The number of carbonyl (C=O) groups is 1. The number of hydrogen-bond donors (Lipinski definition) is 1. The number of nitrogens with zero attached hydrogens (tertiary/aromatic N) is 3. The van der Waals surface area contributed by atoms with Crippen molar-refractivity contribution in [1.82, 2.24) is 14.9 Å². The molecule has 4 aromatic rings. The Hall–Kier alpha value is -3.39. The van der Waals surface area contributed by atoms with Gasteiger partial charge in [0.1, 0.15) is 18.1 Å². The van der Waals surface area contributed by atoms with Gasteiger partial charge < -0.3 is 14.6 Å². The highest BCUT2D eigenvalue weighted by Gasteiger charge is 2.21. The fourth-order valence-corrected chi connectivity index (χ4v) is 3.58. The van der Waals surface area contributed by atoms with Crippen LogP contribution < -0.4 is 10.1 Å². The fourth-order valence-electron chi connectivity index (χ4n) is 3.32. The molecule has 2 aromatic heterocycles. The molecule has 0 saturated carbocycles. The van der Waals surface area contributed by atoms with Crippen molar-refractivity contribution in [2.45, 2.75) is 33.9 Å². The van der Waals surface area contributed by atoms with Crippen LogP contribution in [0.4, 0.5) is 5.82 Å². The van der Waals surface area contributed by atoms with Crippen LogP contribution in [0.25, 0.3) is 0 Å². The van der Waals surface area contributed by atoms with E-state index in [1.807, 2.05) is 62.5 Å². The Morgan fingerprint density at radius 1 is 1.12 bits per heavy atom. The highest BCUT2D eigenvalue weighted by molar-refractivity contribution is 9.10. The second-order valence-electron chi connectivity index (χ2n) is 7.60. The number of anilines is 1. The molecule has 0 spiro atoms. The Labute approximate surface area is 194 Å². The summed E-state index contributed by atoms with van der Waals surface area (Å²) in [6, 6.07) is 15.7. The molecular weight excluding hydrogens is 472 g/mol. The molecule has 2 aromatic carbocycles. The van der Waals surface area contributed by atoms with Crippen molar-refractivity contribution in [3.8, 4) is 5.75 Å². The minimum Gasteiger partial charge on any atom is -0.488 e. The zero-order valence-corrected chi connectivity index (χ0v) is 19.6. The van der Waals surface area contributed by atoms with E-state index in [1.165, 1.54) is 0 Å². The lowest BCUT2D eigenvalue weighted by Crippen LogP contribution is -2.16. The van der Waals surface area contributed by atoms with Gasteiger partial charge in [-0.05, 0) is 50.1 Å². The van der Waals surface area contributed by atoms with Crippen molar-refractivity contribution in [2.75, 3.05) is 5.32 Å². The van der Waals surface area contributed by atoms with E-state index in [0.29, 0.717) is 23.7 Å². The maximum absolute atomic E-state index is 12.8. The molecule has 0 aliphatic rings. The largest absolute Gasteiger partial charge is 0.488 e. The van der Waals surface area contributed by atoms with Gasteiger partial charge in [0.2, 0.25) is 0 Å². The number of amides is 1. The van der Waals surface area contributed by atoms with E-state index < -0.39 is 5.91 Å². The smallest absolute Gasteiger partial charge is 0.279 e. The third kappa shape index (κ3) is 5.08. The summed E-state index contributed by atoms with van der Waals surface area (Å²) >= 11 is 3.43. The van der Waals surface area contributed by atoms with Gasteiger partial charge in [0.15, 0.2) is 11.5 Å². The molecule has 0 saturated heterocycles. The second kappa shape index (κ2) is 9.40. The number of halogens is 1. The Kier molecular flexibility index (Phi) is 6.41. The van der Waals surface area contributed by atoms with Gasteiger partial charge in [-0.25, -0.2) is 0 Å². The Morgan fingerprint density at radius 2 is 1.91 bits per heavy atom. The Morgan fingerprint density at radius 3 is 2.66 bits per heavy atom. The first kappa shape index (κ1) is 21.8. The molecule has 0 atom stereocenters. The minimum atomic E-state index is -0.394. The zero-order chi connectivity index (χ0) is 22.7. The van der Waals surface area contributed by atoms with Crippen molar-refractivity contribution in [3.05, 3.63) is 92.9 Å². The van der Waals surface area contributed by atoms with Crippen LogP contribution >= 0.6 is 15.9 Å². The third-order valence-electron chi connectivity index (χ3n) is 5.04. The van der Waals surface area contributed by atoms with E-state index in [1.54, 1.807) is 17.7 Å². The molecule has 0 radical (unpaired) electrons. The van der Waals surface area contributed by atoms with Gasteiger partial charge in [-0.2, -0.15) is 5.10 Å². The molecule has 0 unspecified atom stereocenters. The third-order valence-corrected chi connectivity index (χ3v) is 5.57. The normalized spacial score (nSPS) is 10.9. The summed E-state index contributed by atoms with van der Waals surface area (Å²) < 4.78 is 14.0. The molecule has 0 aliphatic heterocycles. The highest BCUT2D eigenvalue weighted by Crippen LogP contribution is 2.23. The predicted octanol–water partition coefficient (Wildman–Crippen LogP) is 5.44. The number of ether oxygens (including phenoxy) is 1. The molecule has 4 rings (SSSR count). The van der Waals surface area contributed by atoms with Gasteiger partial charge in [-0.1, -0.05) is 50.9 Å². The van der Waals surface area contributed by atoms with Crippen LogP contribution in [0.1, 0.15) is 38.5 Å². The van der Waals surface area contributed by atoms with Crippen molar-refractivity contribution < 1.29 is 14.1 Å². The number of carbonyl (C=O) groups excluding carboxylic acids is 1. The van der Waals surface area contributed by atoms with E-state index in [4.69, 9.17) is 9.26 Å². The van der Waals surface area contributed by atoms with Gasteiger partial charge >= 0.3 is 0 Å². The maximum Gasteiger partial charge on any atom is 0.279 e. The van der Waals surface area contributed by atoms with Crippen LogP contribution in [0, 0.1) is 20.8 Å². The first-order valence-electron chi connectivity index (χ1n) is 10.1. The van der Waals surface area contributed by atoms with E-state index in [-0.39, 0.29) is 12.3 Å². The lowest BCUT2D eigenvalue weighted by Gasteiger charge is -2.10. The summed E-state index contributed by atoms with van der Waals surface area (Å²) in [5.41, 5.74) is 4.09. The van der Waals surface area contributed by atoms with E-state index in [0.717, 1.165) is 26.9 Å². The number of benzene rings is 2. The Bertz CT molecular complexity index is 1240. The average Bonchev–Trinajstić information content (AvgIpc) is 3.35. The molecule has 2 heterocycles. The van der Waals surface area contributed by atoms with Crippen molar-refractivity contribution in [1.29, 1.82) is 0 Å². The summed E-state index contributed by atoms with van der Waals surface area (Å²) in [6.45, 7) is 6.56. The van der Waals surface area contributed by atoms with Crippen molar-refractivity contribution in [2.24, 2.45) is 0 Å². The van der Waals surface area contributed by atoms with E-state index in [9.17, 15) is 4.79 Å². The van der Waals surface area contributed by atoms with Gasteiger partial charge in [0, 0.05) is 16.7 Å². The van der Waals surface area contributed by atoms with Gasteiger partial charge in [0.25, 0.3) is 5.91 Å². The molecule has 32 heavy (non-hydrogen) atoms. The molecule has 0 aliphatic carbocycles. The summed E-state index contributed by atoms with van der Waals surface area (Å²) in [4.78, 5) is 12.8. The maximum atomic E-state index is 12.8. The molecule has 0 bridgehead atoms. The molecule has 8 heteroatoms.